The minimum absolute atomic E-state index is 0.0538. The molecule has 1 atom stereocenters. The number of rotatable bonds is 3. The van der Waals surface area contributed by atoms with Gasteiger partial charge in [0.25, 0.3) is 0 Å². The number of ether oxygens (including phenoxy) is 1. The number of hydrogen-bond donors (Lipinski definition) is 2. The van der Waals surface area contributed by atoms with Gasteiger partial charge in [-0.05, 0) is 18.6 Å². The Morgan fingerprint density at radius 2 is 2.47 bits per heavy atom. The smallest absolute Gasteiger partial charge is 0.128 e. The van der Waals surface area contributed by atoms with Crippen molar-refractivity contribution in [2.24, 2.45) is 5.73 Å². The van der Waals surface area contributed by atoms with Crippen molar-refractivity contribution in [3.8, 4) is 0 Å². The van der Waals surface area contributed by atoms with Crippen LogP contribution < -0.4 is 10.6 Å². The van der Waals surface area contributed by atoms with Crippen LogP contribution in [0.3, 0.4) is 0 Å². The first-order chi connectivity index (χ1) is 8.22. The maximum absolute atomic E-state index is 7.33. The van der Waals surface area contributed by atoms with Gasteiger partial charge in [-0.3, -0.25) is 5.41 Å². The first-order valence-corrected chi connectivity index (χ1v) is 5.87. The number of anilines is 1. The second-order valence-electron chi connectivity index (χ2n) is 4.15. The number of pyridine rings is 1. The molecule has 5 heteroatoms. The van der Waals surface area contributed by atoms with Gasteiger partial charge in [-0.25, -0.2) is 4.98 Å². The highest BCUT2D eigenvalue weighted by molar-refractivity contribution is 5.94. The van der Waals surface area contributed by atoms with E-state index in [-0.39, 0.29) is 5.84 Å². The van der Waals surface area contributed by atoms with E-state index < -0.39 is 0 Å². The molecule has 0 aliphatic carbocycles. The van der Waals surface area contributed by atoms with E-state index in [0.29, 0.717) is 11.6 Å². The maximum atomic E-state index is 7.33. The molecule has 1 fully saturated rings. The topological polar surface area (TPSA) is 75.2 Å². The van der Waals surface area contributed by atoms with Gasteiger partial charge in [0.2, 0.25) is 0 Å². The quantitative estimate of drug-likeness (QED) is 0.604. The molecule has 17 heavy (non-hydrogen) atoms. The number of morpholine rings is 1. The van der Waals surface area contributed by atoms with Crippen molar-refractivity contribution in [3.05, 3.63) is 23.9 Å². The highest BCUT2D eigenvalue weighted by Crippen LogP contribution is 2.19. The van der Waals surface area contributed by atoms with Gasteiger partial charge < -0.3 is 15.4 Å². The lowest BCUT2D eigenvalue weighted by molar-refractivity contribution is 0.0926. The van der Waals surface area contributed by atoms with Crippen LogP contribution in [0.5, 0.6) is 0 Å². The molecule has 1 aromatic heterocycles. The molecule has 0 radical (unpaired) electrons. The fourth-order valence-corrected chi connectivity index (χ4v) is 2.01. The molecular formula is C12H18N4O. The molecule has 5 nitrogen and oxygen atoms in total. The van der Waals surface area contributed by atoms with Gasteiger partial charge in [0.05, 0.1) is 19.3 Å². The fourth-order valence-electron chi connectivity index (χ4n) is 2.01. The standard InChI is InChI=1S/C12H18N4O/c1-2-10-8-17-6-5-16(10)11-4-3-9(7-15-11)12(13)14/h3-4,7,10H,2,5-6,8H2,1H3,(H3,13,14). The first kappa shape index (κ1) is 11.9. The van der Waals surface area contributed by atoms with Gasteiger partial charge in [0.1, 0.15) is 11.7 Å². The van der Waals surface area contributed by atoms with E-state index in [1.54, 1.807) is 6.20 Å². The average Bonchev–Trinajstić information content (AvgIpc) is 2.39. The SMILES string of the molecule is CCC1COCCN1c1ccc(C(=N)N)cn1. The lowest BCUT2D eigenvalue weighted by atomic mass is 10.1. The number of nitrogens with two attached hydrogens (primary N) is 1. The Bertz CT molecular complexity index is 390. The minimum atomic E-state index is 0.0538. The molecule has 3 N–H and O–H groups in total. The predicted molar refractivity (Wildman–Crippen MR) is 67.5 cm³/mol. The number of nitrogen functional groups attached to an aromatic ring is 1. The zero-order valence-corrected chi connectivity index (χ0v) is 10.0. The minimum Gasteiger partial charge on any atom is -0.384 e. The summed E-state index contributed by atoms with van der Waals surface area (Å²) in [6.45, 7) is 4.51. The molecule has 2 heterocycles. The molecule has 1 saturated heterocycles. The molecule has 1 aliphatic heterocycles. The third-order valence-corrected chi connectivity index (χ3v) is 3.05. The maximum Gasteiger partial charge on any atom is 0.128 e. The van der Waals surface area contributed by atoms with Gasteiger partial charge in [0, 0.05) is 18.3 Å². The Balaban J connectivity index is 2.17. The summed E-state index contributed by atoms with van der Waals surface area (Å²) >= 11 is 0. The Morgan fingerprint density at radius 1 is 1.65 bits per heavy atom. The number of hydrogen-bond acceptors (Lipinski definition) is 4. The van der Waals surface area contributed by atoms with Crippen molar-refractivity contribution in [1.29, 1.82) is 5.41 Å². The monoisotopic (exact) mass is 234 g/mol. The molecule has 0 amide bonds. The number of nitrogens with one attached hydrogen (secondary N) is 1. The zero-order valence-electron chi connectivity index (χ0n) is 10.0. The summed E-state index contributed by atoms with van der Waals surface area (Å²) in [6.07, 6.45) is 2.69. The normalized spacial score (nSPS) is 20.3. The second-order valence-corrected chi connectivity index (χ2v) is 4.15. The summed E-state index contributed by atoms with van der Waals surface area (Å²) in [5, 5.41) is 7.33. The molecule has 1 unspecified atom stereocenters. The van der Waals surface area contributed by atoms with Crippen LogP contribution in [0.1, 0.15) is 18.9 Å². The van der Waals surface area contributed by atoms with E-state index in [2.05, 4.69) is 16.8 Å². The molecule has 1 aromatic rings. The van der Waals surface area contributed by atoms with Gasteiger partial charge in [-0.1, -0.05) is 6.92 Å². The fraction of sp³-hybridized carbons (Fsp3) is 0.500. The molecule has 0 bridgehead atoms. The molecular weight excluding hydrogens is 216 g/mol. The van der Waals surface area contributed by atoms with E-state index in [1.807, 2.05) is 12.1 Å². The zero-order chi connectivity index (χ0) is 12.3. The largest absolute Gasteiger partial charge is 0.384 e. The van der Waals surface area contributed by atoms with Crippen LogP contribution in [0.2, 0.25) is 0 Å². The van der Waals surface area contributed by atoms with Gasteiger partial charge >= 0.3 is 0 Å². The summed E-state index contributed by atoms with van der Waals surface area (Å²) in [4.78, 5) is 6.63. The van der Waals surface area contributed by atoms with Crippen LogP contribution in [0.15, 0.2) is 18.3 Å². The highest BCUT2D eigenvalue weighted by atomic mass is 16.5. The molecule has 2 rings (SSSR count). The molecule has 0 aromatic carbocycles. The van der Waals surface area contributed by atoms with Crippen molar-refractivity contribution in [1.82, 2.24) is 4.98 Å². The van der Waals surface area contributed by atoms with Crippen LogP contribution >= 0.6 is 0 Å². The van der Waals surface area contributed by atoms with Crippen molar-refractivity contribution in [3.63, 3.8) is 0 Å². The lowest BCUT2D eigenvalue weighted by Crippen LogP contribution is -2.45. The molecule has 0 spiro atoms. The summed E-state index contributed by atoms with van der Waals surface area (Å²) in [5.74, 6) is 0.989. The van der Waals surface area contributed by atoms with Crippen LogP contribution in [-0.2, 0) is 4.74 Å². The van der Waals surface area contributed by atoms with Crippen LogP contribution in [0.4, 0.5) is 5.82 Å². The van der Waals surface area contributed by atoms with E-state index in [9.17, 15) is 0 Å². The third-order valence-electron chi connectivity index (χ3n) is 3.05. The summed E-state index contributed by atoms with van der Waals surface area (Å²) in [7, 11) is 0. The number of nitrogens with zero attached hydrogens (tertiary/aromatic N) is 2. The van der Waals surface area contributed by atoms with Gasteiger partial charge in [0.15, 0.2) is 0 Å². The van der Waals surface area contributed by atoms with Crippen molar-refractivity contribution >= 4 is 11.7 Å². The van der Waals surface area contributed by atoms with E-state index >= 15 is 0 Å². The molecule has 92 valence electrons. The summed E-state index contributed by atoms with van der Waals surface area (Å²) < 4.78 is 5.46. The van der Waals surface area contributed by atoms with Crippen LogP contribution in [-0.4, -0.2) is 36.6 Å². The second kappa shape index (κ2) is 5.14. The summed E-state index contributed by atoms with van der Waals surface area (Å²) in [6, 6.07) is 4.15. The molecule has 0 saturated carbocycles. The Hall–Kier alpha value is -1.62. The summed E-state index contributed by atoms with van der Waals surface area (Å²) in [5.41, 5.74) is 6.07. The van der Waals surface area contributed by atoms with E-state index in [1.165, 1.54) is 0 Å². The van der Waals surface area contributed by atoms with Crippen LogP contribution in [0, 0.1) is 5.41 Å². The van der Waals surface area contributed by atoms with E-state index in [4.69, 9.17) is 15.9 Å². The predicted octanol–water partition coefficient (Wildman–Crippen LogP) is 0.981. The van der Waals surface area contributed by atoms with E-state index in [0.717, 1.165) is 32.0 Å². The van der Waals surface area contributed by atoms with Crippen molar-refractivity contribution < 1.29 is 4.74 Å². The highest BCUT2D eigenvalue weighted by Gasteiger charge is 2.22. The van der Waals surface area contributed by atoms with Gasteiger partial charge in [-0.2, -0.15) is 0 Å². The lowest BCUT2D eigenvalue weighted by Gasteiger charge is -2.36. The Morgan fingerprint density at radius 3 is 3.06 bits per heavy atom. The third kappa shape index (κ3) is 2.55. The van der Waals surface area contributed by atoms with Gasteiger partial charge in [-0.15, -0.1) is 0 Å². The van der Waals surface area contributed by atoms with Crippen molar-refractivity contribution in [2.75, 3.05) is 24.7 Å². The first-order valence-electron chi connectivity index (χ1n) is 5.87. The van der Waals surface area contributed by atoms with Crippen LogP contribution in [0.25, 0.3) is 0 Å². The Kier molecular flexibility index (Phi) is 3.58. The number of amidine groups is 1. The average molecular weight is 234 g/mol. The van der Waals surface area contributed by atoms with Crippen molar-refractivity contribution in [2.45, 2.75) is 19.4 Å². The number of aromatic nitrogens is 1. The Labute approximate surface area is 101 Å². The molecule has 1 aliphatic rings.